The molecule has 6 nitrogen and oxygen atoms in total. The quantitative estimate of drug-likeness (QED) is 0.885. The second-order valence-corrected chi connectivity index (χ2v) is 5.19. The molecule has 1 aromatic carbocycles. The molecule has 110 valence electrons. The number of anilines is 3. The molecule has 21 heavy (non-hydrogen) atoms. The number of hydrogen-bond donors (Lipinski definition) is 2. The van der Waals surface area contributed by atoms with Crippen LogP contribution in [0.3, 0.4) is 0 Å². The van der Waals surface area contributed by atoms with Gasteiger partial charge in [0.25, 0.3) is 0 Å². The van der Waals surface area contributed by atoms with Gasteiger partial charge < -0.3 is 15.4 Å². The third-order valence-electron chi connectivity index (χ3n) is 3.21. The van der Waals surface area contributed by atoms with Crippen LogP contribution < -0.4 is 10.6 Å². The molecule has 0 saturated carbocycles. The molecule has 2 aromatic rings. The molecule has 7 heteroatoms. The van der Waals surface area contributed by atoms with Gasteiger partial charge in [-0.3, -0.25) is 0 Å². The minimum atomic E-state index is 0.230. The van der Waals surface area contributed by atoms with Crippen molar-refractivity contribution < 1.29 is 4.74 Å². The van der Waals surface area contributed by atoms with Crippen molar-refractivity contribution in [3.8, 4) is 0 Å². The van der Waals surface area contributed by atoms with Gasteiger partial charge in [-0.1, -0.05) is 23.7 Å². The zero-order chi connectivity index (χ0) is 14.5. The number of aromatic nitrogens is 3. The van der Waals surface area contributed by atoms with Gasteiger partial charge in [0, 0.05) is 13.2 Å². The Balaban J connectivity index is 1.64. The maximum Gasteiger partial charge on any atom is 0.244 e. The lowest BCUT2D eigenvalue weighted by Gasteiger charge is -2.11. The molecule has 0 aliphatic carbocycles. The maximum atomic E-state index is 6.10. The van der Waals surface area contributed by atoms with Gasteiger partial charge in [-0.15, -0.1) is 5.10 Å². The Bertz CT molecular complexity index is 603. The zero-order valence-corrected chi connectivity index (χ0v) is 12.2. The van der Waals surface area contributed by atoms with Gasteiger partial charge in [0.1, 0.15) is 0 Å². The van der Waals surface area contributed by atoms with Crippen LogP contribution in [0.4, 0.5) is 17.5 Å². The van der Waals surface area contributed by atoms with Crippen LogP contribution in [0.25, 0.3) is 0 Å². The molecule has 3 rings (SSSR count). The van der Waals surface area contributed by atoms with Gasteiger partial charge >= 0.3 is 0 Å². The Hall–Kier alpha value is -1.92. The number of rotatable bonds is 5. The van der Waals surface area contributed by atoms with Crippen LogP contribution in [-0.2, 0) is 4.74 Å². The first kappa shape index (κ1) is 14.0. The summed E-state index contributed by atoms with van der Waals surface area (Å²) in [5, 5.41) is 14.8. The van der Waals surface area contributed by atoms with E-state index in [9.17, 15) is 0 Å². The molecule has 1 aliphatic heterocycles. The van der Waals surface area contributed by atoms with Gasteiger partial charge in [-0.05, 0) is 25.0 Å². The van der Waals surface area contributed by atoms with E-state index in [0.29, 0.717) is 23.3 Å². The molecule has 1 unspecified atom stereocenters. The van der Waals surface area contributed by atoms with Crippen LogP contribution in [0.5, 0.6) is 0 Å². The van der Waals surface area contributed by atoms with Crippen molar-refractivity contribution >= 4 is 29.1 Å². The average Bonchev–Trinajstić information content (AvgIpc) is 3.01. The average molecular weight is 306 g/mol. The van der Waals surface area contributed by atoms with E-state index < -0.39 is 0 Å². The van der Waals surface area contributed by atoms with Crippen molar-refractivity contribution in [1.29, 1.82) is 0 Å². The van der Waals surface area contributed by atoms with Crippen LogP contribution in [0.15, 0.2) is 30.5 Å². The predicted molar refractivity (Wildman–Crippen MR) is 82.0 cm³/mol. The lowest BCUT2D eigenvalue weighted by atomic mass is 10.2. The molecule has 1 aromatic heterocycles. The van der Waals surface area contributed by atoms with E-state index in [1.165, 1.54) is 0 Å². The molecular weight excluding hydrogens is 290 g/mol. The van der Waals surface area contributed by atoms with Crippen molar-refractivity contribution in [3.63, 3.8) is 0 Å². The first-order valence-electron chi connectivity index (χ1n) is 6.88. The number of hydrogen-bond acceptors (Lipinski definition) is 6. The smallest absolute Gasteiger partial charge is 0.244 e. The standard InChI is InChI=1S/C14H16ClN5O/c15-11-5-1-2-6-12(11)18-13-9-17-20-14(19-13)16-8-10-4-3-7-21-10/h1-2,5-6,9-10H,3-4,7-8H2,(H2,16,18,19,20). The number of halogens is 1. The van der Waals surface area contributed by atoms with Crippen LogP contribution in [0.2, 0.25) is 5.02 Å². The van der Waals surface area contributed by atoms with Gasteiger partial charge in [-0.2, -0.15) is 10.1 Å². The minimum Gasteiger partial charge on any atom is -0.376 e. The molecule has 2 heterocycles. The molecule has 0 bridgehead atoms. The third-order valence-corrected chi connectivity index (χ3v) is 3.54. The molecular formula is C14H16ClN5O. The highest BCUT2D eigenvalue weighted by Crippen LogP contribution is 2.23. The summed E-state index contributed by atoms with van der Waals surface area (Å²) in [6, 6.07) is 7.47. The summed E-state index contributed by atoms with van der Waals surface area (Å²) in [4.78, 5) is 4.36. The highest BCUT2D eigenvalue weighted by atomic mass is 35.5. The molecule has 1 saturated heterocycles. The molecule has 0 spiro atoms. The number of nitrogens with one attached hydrogen (secondary N) is 2. The molecule has 1 atom stereocenters. The normalized spacial score (nSPS) is 17.7. The van der Waals surface area contributed by atoms with Crippen LogP contribution in [0, 0.1) is 0 Å². The Labute approximate surface area is 127 Å². The van der Waals surface area contributed by atoms with Gasteiger partial charge in [0.05, 0.1) is 23.0 Å². The first-order chi connectivity index (χ1) is 10.3. The zero-order valence-electron chi connectivity index (χ0n) is 11.4. The van der Waals surface area contributed by atoms with E-state index >= 15 is 0 Å². The summed E-state index contributed by atoms with van der Waals surface area (Å²) >= 11 is 6.10. The van der Waals surface area contributed by atoms with Crippen LogP contribution in [0.1, 0.15) is 12.8 Å². The Morgan fingerprint density at radius 1 is 1.33 bits per heavy atom. The fourth-order valence-corrected chi connectivity index (χ4v) is 2.33. The highest BCUT2D eigenvalue weighted by Gasteiger charge is 2.15. The van der Waals surface area contributed by atoms with Gasteiger partial charge in [0.2, 0.25) is 5.95 Å². The van der Waals surface area contributed by atoms with Crippen molar-refractivity contribution in [3.05, 3.63) is 35.5 Å². The van der Waals surface area contributed by atoms with Crippen molar-refractivity contribution in [2.75, 3.05) is 23.8 Å². The van der Waals surface area contributed by atoms with Gasteiger partial charge in [-0.25, -0.2) is 0 Å². The van der Waals surface area contributed by atoms with Crippen molar-refractivity contribution in [2.24, 2.45) is 0 Å². The van der Waals surface area contributed by atoms with Gasteiger partial charge in [0.15, 0.2) is 5.82 Å². The number of benzene rings is 1. The predicted octanol–water partition coefficient (Wildman–Crippen LogP) is 2.86. The number of nitrogens with zero attached hydrogens (tertiary/aromatic N) is 3. The summed E-state index contributed by atoms with van der Waals surface area (Å²) in [7, 11) is 0. The summed E-state index contributed by atoms with van der Waals surface area (Å²) < 4.78 is 5.54. The third kappa shape index (κ3) is 3.80. The summed E-state index contributed by atoms with van der Waals surface area (Å²) in [6.45, 7) is 1.52. The number of para-hydroxylation sites is 1. The summed E-state index contributed by atoms with van der Waals surface area (Å²) in [5.74, 6) is 1.07. The lowest BCUT2D eigenvalue weighted by molar-refractivity contribution is 0.120. The largest absolute Gasteiger partial charge is 0.376 e. The molecule has 1 aliphatic rings. The molecule has 2 N–H and O–H groups in total. The second-order valence-electron chi connectivity index (χ2n) is 4.79. The molecule has 0 amide bonds. The van der Waals surface area contributed by atoms with Crippen molar-refractivity contribution in [1.82, 2.24) is 15.2 Å². The topological polar surface area (TPSA) is 72.0 Å². The Kier molecular flexibility index (Phi) is 4.47. The van der Waals surface area contributed by atoms with E-state index in [4.69, 9.17) is 16.3 Å². The first-order valence-corrected chi connectivity index (χ1v) is 7.26. The van der Waals surface area contributed by atoms with E-state index in [-0.39, 0.29) is 6.10 Å². The second kappa shape index (κ2) is 6.69. The van der Waals surface area contributed by atoms with E-state index in [1.807, 2.05) is 24.3 Å². The van der Waals surface area contributed by atoms with Crippen LogP contribution in [-0.4, -0.2) is 34.4 Å². The fraction of sp³-hybridized carbons (Fsp3) is 0.357. The summed E-state index contributed by atoms with van der Waals surface area (Å²) in [6.07, 6.45) is 3.96. The fourth-order valence-electron chi connectivity index (χ4n) is 2.15. The van der Waals surface area contributed by atoms with Crippen molar-refractivity contribution in [2.45, 2.75) is 18.9 Å². The van der Waals surface area contributed by atoms with E-state index in [0.717, 1.165) is 25.1 Å². The monoisotopic (exact) mass is 305 g/mol. The molecule has 1 fully saturated rings. The van der Waals surface area contributed by atoms with Crippen LogP contribution >= 0.6 is 11.6 Å². The summed E-state index contributed by atoms with van der Waals surface area (Å²) in [5.41, 5.74) is 0.782. The SMILES string of the molecule is Clc1ccccc1Nc1cnnc(NCC2CCCO2)n1. The lowest BCUT2D eigenvalue weighted by Crippen LogP contribution is -2.20. The van der Waals surface area contributed by atoms with E-state index in [1.54, 1.807) is 6.20 Å². The highest BCUT2D eigenvalue weighted by molar-refractivity contribution is 6.33. The number of ether oxygens (including phenoxy) is 1. The molecule has 0 radical (unpaired) electrons. The maximum absolute atomic E-state index is 6.10. The minimum absolute atomic E-state index is 0.230. The Morgan fingerprint density at radius 3 is 3.05 bits per heavy atom. The van der Waals surface area contributed by atoms with E-state index in [2.05, 4.69) is 25.8 Å². The Morgan fingerprint density at radius 2 is 2.24 bits per heavy atom.